The van der Waals surface area contributed by atoms with Crippen molar-refractivity contribution in [3.05, 3.63) is 93.3 Å². The van der Waals surface area contributed by atoms with Gasteiger partial charge in [0, 0.05) is 23.2 Å². The smallest absolute Gasteiger partial charge is 0.272 e. The minimum Gasteiger partial charge on any atom is -0.380 e. The Bertz CT molecular complexity index is 1010. The molecule has 148 valence electrons. The first-order valence-corrected chi connectivity index (χ1v) is 9.95. The van der Waals surface area contributed by atoms with E-state index in [4.69, 9.17) is 4.74 Å². The molecule has 1 aromatic heterocycles. The van der Waals surface area contributed by atoms with Crippen LogP contribution in [0.4, 0.5) is 5.69 Å². The van der Waals surface area contributed by atoms with Crippen LogP contribution in [0, 0.1) is 6.92 Å². The zero-order valence-electron chi connectivity index (χ0n) is 16.3. The van der Waals surface area contributed by atoms with Gasteiger partial charge in [-0.15, -0.1) is 11.3 Å². The van der Waals surface area contributed by atoms with Gasteiger partial charge in [0.05, 0.1) is 6.61 Å². The van der Waals surface area contributed by atoms with E-state index in [9.17, 15) is 9.59 Å². The number of hydrogen-bond acceptors (Lipinski definition) is 4. The molecule has 0 bridgehead atoms. The van der Waals surface area contributed by atoms with Crippen LogP contribution in [0.5, 0.6) is 0 Å². The minimum atomic E-state index is -0.395. The first kappa shape index (κ1) is 20.5. The Kier molecular flexibility index (Phi) is 6.94. The second-order valence-corrected chi connectivity index (χ2v) is 7.46. The van der Waals surface area contributed by atoms with Crippen LogP contribution in [0.25, 0.3) is 6.08 Å². The summed E-state index contributed by atoms with van der Waals surface area (Å²) in [6.07, 6.45) is 1.67. The van der Waals surface area contributed by atoms with Crippen LogP contribution in [-0.4, -0.2) is 18.9 Å². The summed E-state index contributed by atoms with van der Waals surface area (Å²) in [4.78, 5) is 26.4. The Morgan fingerprint density at radius 3 is 2.55 bits per heavy atom. The van der Waals surface area contributed by atoms with Gasteiger partial charge in [-0.2, -0.15) is 0 Å². The van der Waals surface area contributed by atoms with Gasteiger partial charge >= 0.3 is 0 Å². The molecule has 2 aromatic carbocycles. The summed E-state index contributed by atoms with van der Waals surface area (Å²) in [5.41, 5.74) is 3.30. The van der Waals surface area contributed by atoms with Crippen LogP contribution >= 0.6 is 11.3 Å². The molecule has 0 saturated heterocycles. The lowest BCUT2D eigenvalue weighted by molar-refractivity contribution is -0.113. The second-order valence-electron chi connectivity index (χ2n) is 6.48. The number of anilines is 1. The Hall–Kier alpha value is -3.22. The lowest BCUT2D eigenvalue weighted by atomic mass is 10.1. The van der Waals surface area contributed by atoms with Crippen LogP contribution in [-0.2, 0) is 16.1 Å². The molecule has 2 N–H and O–H groups in total. The lowest BCUT2D eigenvalue weighted by Crippen LogP contribution is -2.30. The number of rotatable bonds is 7. The first-order valence-electron chi connectivity index (χ1n) is 9.07. The molecule has 2 amide bonds. The lowest BCUT2D eigenvalue weighted by Gasteiger charge is -2.12. The summed E-state index contributed by atoms with van der Waals surface area (Å²) < 4.78 is 5.14. The standard InChI is InChI=1S/C23H22N2O3S/c1-16-8-10-18(11-9-16)22(26)25-21(14-20-7-4-12-29-20)23(27)24-19-6-3-5-17(13-19)15-28-2/h3-14H,15H2,1-2H3,(H,24,27)(H,25,26)/b21-14-. The minimum absolute atomic E-state index is 0.176. The number of ether oxygens (including phenoxy) is 1. The van der Waals surface area contributed by atoms with Gasteiger partial charge in [-0.3, -0.25) is 9.59 Å². The number of benzene rings is 2. The summed E-state index contributed by atoms with van der Waals surface area (Å²) >= 11 is 1.48. The average Bonchev–Trinajstić information content (AvgIpc) is 3.21. The van der Waals surface area contributed by atoms with E-state index in [1.807, 2.05) is 54.8 Å². The van der Waals surface area contributed by atoms with Gasteiger partial charge in [0.15, 0.2) is 0 Å². The molecule has 0 saturated carbocycles. The molecule has 0 atom stereocenters. The molecule has 0 spiro atoms. The van der Waals surface area contributed by atoms with Crippen molar-refractivity contribution in [1.82, 2.24) is 5.32 Å². The van der Waals surface area contributed by atoms with Gasteiger partial charge in [-0.05, 0) is 54.3 Å². The van der Waals surface area contributed by atoms with Crippen molar-refractivity contribution in [2.75, 3.05) is 12.4 Å². The highest BCUT2D eigenvalue weighted by atomic mass is 32.1. The summed E-state index contributed by atoms with van der Waals surface area (Å²) in [6.45, 7) is 2.40. The largest absolute Gasteiger partial charge is 0.380 e. The van der Waals surface area contributed by atoms with Gasteiger partial charge < -0.3 is 15.4 Å². The third kappa shape index (κ3) is 5.88. The van der Waals surface area contributed by atoms with Gasteiger partial charge in [-0.25, -0.2) is 0 Å². The molecule has 5 nitrogen and oxygen atoms in total. The monoisotopic (exact) mass is 406 g/mol. The molecule has 1 heterocycles. The number of methoxy groups -OCH3 is 1. The van der Waals surface area contributed by atoms with E-state index < -0.39 is 5.91 Å². The molecule has 0 aliphatic carbocycles. The van der Waals surface area contributed by atoms with E-state index in [1.165, 1.54) is 11.3 Å². The predicted octanol–water partition coefficient (Wildman–Crippen LogP) is 4.61. The Morgan fingerprint density at radius 2 is 1.86 bits per heavy atom. The topological polar surface area (TPSA) is 67.4 Å². The molecule has 0 radical (unpaired) electrons. The fourth-order valence-electron chi connectivity index (χ4n) is 2.68. The highest BCUT2D eigenvalue weighted by Crippen LogP contribution is 2.16. The van der Waals surface area contributed by atoms with E-state index in [1.54, 1.807) is 31.4 Å². The van der Waals surface area contributed by atoms with Gasteiger partial charge in [0.2, 0.25) is 0 Å². The normalized spacial score (nSPS) is 11.2. The number of hydrogen-bond donors (Lipinski definition) is 2. The SMILES string of the molecule is COCc1cccc(NC(=O)/C(=C/c2cccs2)NC(=O)c2ccc(C)cc2)c1. The predicted molar refractivity (Wildman–Crippen MR) is 117 cm³/mol. The molecule has 0 fully saturated rings. The maximum absolute atomic E-state index is 12.9. The summed E-state index contributed by atoms with van der Waals surface area (Å²) in [7, 11) is 1.62. The van der Waals surface area contributed by atoms with Gasteiger partial charge in [-0.1, -0.05) is 35.9 Å². The molecule has 6 heteroatoms. The van der Waals surface area contributed by atoms with Crippen molar-refractivity contribution < 1.29 is 14.3 Å². The quantitative estimate of drug-likeness (QED) is 0.563. The van der Waals surface area contributed by atoms with Crippen molar-refractivity contribution in [3.63, 3.8) is 0 Å². The maximum Gasteiger partial charge on any atom is 0.272 e. The van der Waals surface area contributed by atoms with Crippen molar-refractivity contribution in [2.45, 2.75) is 13.5 Å². The molecule has 29 heavy (non-hydrogen) atoms. The highest BCUT2D eigenvalue weighted by molar-refractivity contribution is 7.10. The highest BCUT2D eigenvalue weighted by Gasteiger charge is 2.15. The number of thiophene rings is 1. The van der Waals surface area contributed by atoms with Crippen molar-refractivity contribution >= 4 is 34.9 Å². The fourth-order valence-corrected chi connectivity index (χ4v) is 3.33. The number of nitrogens with one attached hydrogen (secondary N) is 2. The van der Waals surface area contributed by atoms with E-state index in [0.717, 1.165) is 16.0 Å². The molecule has 0 aliphatic rings. The molecule has 0 unspecified atom stereocenters. The van der Waals surface area contributed by atoms with Crippen LogP contribution < -0.4 is 10.6 Å². The number of carbonyl (C=O) groups is 2. The zero-order chi connectivity index (χ0) is 20.6. The van der Waals surface area contributed by atoms with Crippen LogP contribution in [0.15, 0.2) is 71.7 Å². The van der Waals surface area contributed by atoms with Gasteiger partial charge in [0.25, 0.3) is 11.8 Å². The van der Waals surface area contributed by atoms with Crippen LogP contribution in [0.2, 0.25) is 0 Å². The summed E-state index contributed by atoms with van der Waals surface area (Å²) in [5, 5.41) is 7.50. The van der Waals surface area contributed by atoms with Crippen LogP contribution in [0.3, 0.4) is 0 Å². The molecular weight excluding hydrogens is 384 g/mol. The first-order chi connectivity index (χ1) is 14.0. The summed E-state index contributed by atoms with van der Waals surface area (Å²) in [5.74, 6) is -0.732. The fraction of sp³-hybridized carbons (Fsp3) is 0.130. The number of amides is 2. The Morgan fingerprint density at radius 1 is 1.07 bits per heavy atom. The van der Waals surface area contributed by atoms with Crippen molar-refractivity contribution in [1.29, 1.82) is 0 Å². The Labute approximate surface area is 174 Å². The molecule has 3 aromatic rings. The van der Waals surface area contributed by atoms with Crippen molar-refractivity contribution in [2.24, 2.45) is 0 Å². The molecule has 0 aliphatic heterocycles. The maximum atomic E-state index is 12.9. The molecular formula is C23H22N2O3S. The summed E-state index contributed by atoms with van der Waals surface area (Å²) in [6, 6.07) is 18.4. The zero-order valence-corrected chi connectivity index (χ0v) is 17.1. The Balaban J connectivity index is 1.81. The second kappa shape index (κ2) is 9.82. The molecule has 3 rings (SSSR count). The van der Waals surface area contributed by atoms with E-state index in [2.05, 4.69) is 10.6 Å². The average molecular weight is 407 g/mol. The van der Waals surface area contributed by atoms with E-state index in [-0.39, 0.29) is 11.6 Å². The van der Waals surface area contributed by atoms with Crippen LogP contribution in [0.1, 0.15) is 26.4 Å². The number of aryl methyl sites for hydroxylation is 1. The third-order valence-electron chi connectivity index (χ3n) is 4.13. The van der Waals surface area contributed by atoms with E-state index in [0.29, 0.717) is 17.9 Å². The van der Waals surface area contributed by atoms with Gasteiger partial charge in [0.1, 0.15) is 5.70 Å². The number of carbonyl (C=O) groups excluding carboxylic acids is 2. The third-order valence-corrected chi connectivity index (χ3v) is 4.95. The van der Waals surface area contributed by atoms with E-state index >= 15 is 0 Å². The van der Waals surface area contributed by atoms with Crippen molar-refractivity contribution in [3.8, 4) is 0 Å².